The maximum Gasteiger partial charge on any atom is 0.255 e. The third kappa shape index (κ3) is 6.63. The van der Waals surface area contributed by atoms with Gasteiger partial charge in [0.1, 0.15) is 0 Å². The van der Waals surface area contributed by atoms with Gasteiger partial charge in [-0.05, 0) is 70.0 Å². The van der Waals surface area contributed by atoms with Crippen LogP contribution in [0.3, 0.4) is 0 Å². The molecule has 0 spiro atoms. The van der Waals surface area contributed by atoms with Gasteiger partial charge in [-0.3, -0.25) is 4.79 Å². The van der Waals surface area contributed by atoms with E-state index >= 15 is 0 Å². The summed E-state index contributed by atoms with van der Waals surface area (Å²) in [5.41, 5.74) is -0.193. The van der Waals surface area contributed by atoms with Gasteiger partial charge in [0.15, 0.2) is 0 Å². The van der Waals surface area contributed by atoms with Crippen LogP contribution in [0.25, 0.3) is 0 Å². The summed E-state index contributed by atoms with van der Waals surface area (Å²) in [6, 6.07) is 11.8. The van der Waals surface area contributed by atoms with Gasteiger partial charge in [-0.2, -0.15) is 4.31 Å². The van der Waals surface area contributed by atoms with Crippen LogP contribution >= 0.6 is 0 Å². The summed E-state index contributed by atoms with van der Waals surface area (Å²) in [6.07, 6.45) is 3.66. The zero-order chi connectivity index (χ0) is 24.3. The van der Waals surface area contributed by atoms with Crippen molar-refractivity contribution in [2.24, 2.45) is 0 Å². The van der Waals surface area contributed by atoms with Gasteiger partial charge in [-0.25, -0.2) is 21.6 Å². The Balaban J connectivity index is 1.81. The van der Waals surface area contributed by atoms with Gasteiger partial charge in [-0.15, -0.1) is 0 Å². The third-order valence-corrected chi connectivity index (χ3v) is 8.79. The molecule has 0 unspecified atom stereocenters. The van der Waals surface area contributed by atoms with Crippen LogP contribution in [0.4, 0.5) is 5.69 Å². The second kappa shape index (κ2) is 9.92. The molecule has 2 N–H and O–H groups in total. The van der Waals surface area contributed by atoms with Crippen molar-refractivity contribution in [3.8, 4) is 0 Å². The van der Waals surface area contributed by atoms with Crippen LogP contribution < -0.4 is 10.0 Å². The van der Waals surface area contributed by atoms with Crippen LogP contribution in [0.15, 0.2) is 58.3 Å². The fraction of sp³-hybridized carbons (Fsp3) is 0.435. The second-order valence-electron chi connectivity index (χ2n) is 9.18. The van der Waals surface area contributed by atoms with Crippen LogP contribution in [-0.4, -0.2) is 45.7 Å². The molecule has 180 valence electrons. The molecule has 1 aliphatic rings. The maximum absolute atomic E-state index is 13.1. The van der Waals surface area contributed by atoms with Gasteiger partial charge >= 0.3 is 0 Å². The first-order chi connectivity index (χ1) is 15.4. The number of carbonyl (C=O) groups is 1. The fourth-order valence-corrected chi connectivity index (χ4v) is 6.66. The van der Waals surface area contributed by atoms with Gasteiger partial charge < -0.3 is 5.32 Å². The molecule has 10 heteroatoms. The number of carbonyl (C=O) groups excluding carboxylic acids is 1. The number of nitrogens with one attached hydrogen (secondary N) is 2. The monoisotopic (exact) mass is 493 g/mol. The summed E-state index contributed by atoms with van der Waals surface area (Å²) < 4.78 is 55.4. The number of anilines is 1. The quantitative estimate of drug-likeness (QED) is 0.639. The number of hydrogen-bond acceptors (Lipinski definition) is 5. The lowest BCUT2D eigenvalue weighted by Gasteiger charge is -2.20. The lowest BCUT2D eigenvalue weighted by molar-refractivity contribution is 0.102. The van der Waals surface area contributed by atoms with Crippen molar-refractivity contribution in [1.82, 2.24) is 9.03 Å². The van der Waals surface area contributed by atoms with Crippen molar-refractivity contribution < 1.29 is 21.6 Å². The Hall–Kier alpha value is -2.27. The maximum atomic E-state index is 13.1. The Morgan fingerprint density at radius 2 is 1.45 bits per heavy atom. The fourth-order valence-electron chi connectivity index (χ4n) is 3.64. The number of nitrogens with zero attached hydrogens (tertiary/aromatic N) is 1. The minimum Gasteiger partial charge on any atom is -0.322 e. The largest absolute Gasteiger partial charge is 0.322 e. The Morgan fingerprint density at radius 3 is 2.09 bits per heavy atom. The van der Waals surface area contributed by atoms with E-state index in [2.05, 4.69) is 10.0 Å². The topological polar surface area (TPSA) is 113 Å². The Morgan fingerprint density at radius 1 is 0.848 bits per heavy atom. The molecule has 1 amide bonds. The highest BCUT2D eigenvalue weighted by atomic mass is 32.2. The average molecular weight is 494 g/mol. The van der Waals surface area contributed by atoms with E-state index in [1.807, 2.05) is 0 Å². The van der Waals surface area contributed by atoms with Gasteiger partial charge in [-0.1, -0.05) is 25.0 Å². The lowest BCUT2D eigenvalue weighted by Crippen LogP contribution is -2.40. The smallest absolute Gasteiger partial charge is 0.255 e. The van der Waals surface area contributed by atoms with Crippen LogP contribution in [-0.2, 0) is 20.0 Å². The molecule has 3 rings (SSSR count). The van der Waals surface area contributed by atoms with Gasteiger partial charge in [0.25, 0.3) is 5.91 Å². The van der Waals surface area contributed by atoms with Gasteiger partial charge in [0.05, 0.1) is 9.79 Å². The molecule has 0 saturated carbocycles. The van der Waals surface area contributed by atoms with Crippen molar-refractivity contribution >= 4 is 31.6 Å². The van der Waals surface area contributed by atoms with E-state index in [0.717, 1.165) is 25.7 Å². The van der Waals surface area contributed by atoms with Crippen LogP contribution in [0.1, 0.15) is 56.8 Å². The van der Waals surface area contributed by atoms with E-state index in [0.29, 0.717) is 13.1 Å². The predicted octanol–water partition coefficient (Wildman–Crippen LogP) is 3.58. The zero-order valence-electron chi connectivity index (χ0n) is 19.2. The summed E-state index contributed by atoms with van der Waals surface area (Å²) in [7, 11) is -7.46. The van der Waals surface area contributed by atoms with Crippen molar-refractivity contribution in [3.63, 3.8) is 0 Å². The molecule has 0 aliphatic carbocycles. The number of rotatable bonds is 6. The highest BCUT2D eigenvalue weighted by Gasteiger charge is 2.26. The molecule has 0 atom stereocenters. The molecule has 2 aromatic rings. The SMILES string of the molecule is CC(C)(C)NS(=O)(=O)c1cccc(NC(=O)c2cccc(S(=O)(=O)N3CCCCCC3)c2)c1. The molecule has 0 aromatic heterocycles. The summed E-state index contributed by atoms with van der Waals surface area (Å²) in [5.74, 6) is -0.527. The molecule has 1 fully saturated rings. The van der Waals surface area contributed by atoms with Crippen molar-refractivity contribution in [2.45, 2.75) is 61.8 Å². The first-order valence-electron chi connectivity index (χ1n) is 10.9. The Labute approximate surface area is 196 Å². The number of hydrogen-bond donors (Lipinski definition) is 2. The summed E-state index contributed by atoms with van der Waals surface area (Å²) >= 11 is 0. The zero-order valence-corrected chi connectivity index (χ0v) is 20.8. The van der Waals surface area contributed by atoms with E-state index in [9.17, 15) is 21.6 Å². The first-order valence-corrected chi connectivity index (χ1v) is 13.9. The lowest BCUT2D eigenvalue weighted by atomic mass is 10.1. The van der Waals surface area contributed by atoms with E-state index in [4.69, 9.17) is 0 Å². The number of amides is 1. The highest BCUT2D eigenvalue weighted by Crippen LogP contribution is 2.22. The van der Waals surface area contributed by atoms with Gasteiger partial charge in [0, 0.05) is 29.9 Å². The van der Waals surface area contributed by atoms with Gasteiger partial charge in [0.2, 0.25) is 20.0 Å². The van der Waals surface area contributed by atoms with Crippen LogP contribution in [0.2, 0.25) is 0 Å². The Bertz CT molecular complexity index is 1210. The molecule has 0 bridgehead atoms. The van der Waals surface area contributed by atoms with Crippen molar-refractivity contribution in [2.75, 3.05) is 18.4 Å². The molecule has 33 heavy (non-hydrogen) atoms. The molecular weight excluding hydrogens is 462 g/mol. The summed E-state index contributed by atoms with van der Waals surface area (Å²) in [6.45, 7) is 6.17. The highest BCUT2D eigenvalue weighted by molar-refractivity contribution is 7.89. The Kier molecular flexibility index (Phi) is 7.62. The summed E-state index contributed by atoms with van der Waals surface area (Å²) in [5, 5.41) is 2.66. The standard InChI is InChI=1S/C23H31N3O5S2/c1-23(2,3)25-32(28,29)20-12-9-11-19(17-20)24-22(27)18-10-8-13-21(16-18)33(30,31)26-14-6-4-5-7-15-26/h8-13,16-17,25H,4-7,14-15H2,1-3H3,(H,24,27). The normalized spacial score (nSPS) is 16.2. The minimum absolute atomic E-state index is 0.0210. The van der Waals surface area contributed by atoms with Crippen molar-refractivity contribution in [1.29, 1.82) is 0 Å². The molecule has 1 saturated heterocycles. The number of sulfonamides is 2. The molecule has 8 nitrogen and oxygen atoms in total. The molecule has 1 aliphatic heterocycles. The number of benzene rings is 2. The molecule has 0 radical (unpaired) electrons. The van der Waals surface area contributed by atoms with Crippen LogP contribution in [0.5, 0.6) is 0 Å². The van der Waals surface area contributed by atoms with E-state index < -0.39 is 31.5 Å². The molecular formula is C23H31N3O5S2. The molecule has 2 aromatic carbocycles. The predicted molar refractivity (Wildman–Crippen MR) is 128 cm³/mol. The third-order valence-electron chi connectivity index (χ3n) is 5.14. The average Bonchev–Trinajstić information content (AvgIpc) is 3.02. The van der Waals surface area contributed by atoms with E-state index in [1.165, 1.54) is 46.8 Å². The van der Waals surface area contributed by atoms with E-state index in [1.54, 1.807) is 26.8 Å². The first kappa shape index (κ1) is 25.4. The molecule has 1 heterocycles. The van der Waals surface area contributed by atoms with E-state index in [-0.39, 0.29) is 21.0 Å². The van der Waals surface area contributed by atoms with Crippen molar-refractivity contribution in [3.05, 3.63) is 54.1 Å². The second-order valence-corrected chi connectivity index (χ2v) is 12.8. The summed E-state index contributed by atoms with van der Waals surface area (Å²) in [4.78, 5) is 12.9. The van der Waals surface area contributed by atoms with Crippen LogP contribution in [0, 0.1) is 0 Å². The minimum atomic E-state index is -3.77.